The van der Waals surface area contributed by atoms with Gasteiger partial charge in [0.05, 0.1) is 0 Å². The van der Waals surface area contributed by atoms with Gasteiger partial charge in [0.1, 0.15) is 6.33 Å². The number of rotatable bonds is 8. The predicted molar refractivity (Wildman–Crippen MR) is 72.2 cm³/mol. The van der Waals surface area contributed by atoms with Gasteiger partial charge in [0.25, 0.3) is 0 Å². The molecule has 1 heterocycles. The minimum absolute atomic E-state index is 0.623. The first kappa shape index (κ1) is 13.9. The van der Waals surface area contributed by atoms with Crippen molar-refractivity contribution in [1.29, 1.82) is 0 Å². The molecule has 0 spiro atoms. The maximum atomic E-state index is 4.14. The molecule has 5 heteroatoms. The number of aromatic nitrogens is 2. The lowest BCUT2D eigenvalue weighted by molar-refractivity contribution is 0.460. The molecule has 0 saturated carbocycles. The van der Waals surface area contributed by atoms with Crippen LogP contribution in [0.3, 0.4) is 0 Å². The molecule has 0 aliphatic rings. The zero-order valence-electron chi connectivity index (χ0n) is 10.3. The average molecular weight is 259 g/mol. The zero-order valence-corrected chi connectivity index (χ0v) is 11.9. The fourth-order valence-corrected chi connectivity index (χ4v) is 2.74. The molecule has 0 fully saturated rings. The average Bonchev–Trinajstić information content (AvgIpc) is 2.74. The molecule has 16 heavy (non-hydrogen) atoms. The Bertz CT molecular complexity index is 262. The molecular formula is C11H21N3S2. The molecule has 1 N–H and O–H groups in total. The highest BCUT2D eigenvalue weighted by Crippen LogP contribution is 2.17. The Morgan fingerprint density at radius 1 is 1.38 bits per heavy atom. The lowest BCUT2D eigenvalue weighted by Crippen LogP contribution is -2.28. The monoisotopic (exact) mass is 259 g/mol. The van der Waals surface area contributed by atoms with E-state index in [0.29, 0.717) is 6.04 Å². The van der Waals surface area contributed by atoms with Crippen molar-refractivity contribution in [2.75, 3.05) is 12.3 Å². The van der Waals surface area contributed by atoms with E-state index in [1.165, 1.54) is 24.4 Å². The fourth-order valence-electron chi connectivity index (χ4n) is 1.36. The van der Waals surface area contributed by atoms with Gasteiger partial charge in [-0.15, -0.1) is 0 Å². The number of hydrogen-bond donors (Lipinski definition) is 1. The van der Waals surface area contributed by atoms with Crippen LogP contribution in [-0.2, 0) is 0 Å². The van der Waals surface area contributed by atoms with E-state index in [9.17, 15) is 0 Å². The molecule has 0 saturated heterocycles. The smallest absolute Gasteiger partial charge is 0.169 e. The summed E-state index contributed by atoms with van der Waals surface area (Å²) < 4.78 is 5.04. The first-order valence-corrected chi connectivity index (χ1v) is 7.57. The number of thioether (sulfide) groups is 1. The molecule has 0 aliphatic heterocycles. The van der Waals surface area contributed by atoms with Crippen molar-refractivity contribution in [3.63, 3.8) is 0 Å². The van der Waals surface area contributed by atoms with Gasteiger partial charge in [-0.2, -0.15) is 4.37 Å². The maximum Gasteiger partial charge on any atom is 0.169 e. The van der Waals surface area contributed by atoms with Crippen LogP contribution in [-0.4, -0.2) is 27.7 Å². The van der Waals surface area contributed by atoms with Crippen molar-refractivity contribution in [2.24, 2.45) is 5.92 Å². The lowest BCUT2D eigenvalue weighted by atomic mass is 10.0. The minimum Gasteiger partial charge on any atom is -0.313 e. The van der Waals surface area contributed by atoms with Crippen molar-refractivity contribution in [3.05, 3.63) is 6.33 Å². The highest BCUT2D eigenvalue weighted by Gasteiger charge is 2.03. The van der Waals surface area contributed by atoms with Gasteiger partial charge in [-0.3, -0.25) is 0 Å². The highest BCUT2D eigenvalue weighted by molar-refractivity contribution is 8.00. The van der Waals surface area contributed by atoms with Crippen molar-refractivity contribution >= 4 is 23.3 Å². The molecule has 0 bridgehead atoms. The number of hydrogen-bond acceptors (Lipinski definition) is 5. The first-order chi connectivity index (χ1) is 7.68. The SMILES string of the molecule is CC(C)CCC(C)NCCSc1ncns1. The second-order valence-corrected chi connectivity index (χ2v) is 6.50. The van der Waals surface area contributed by atoms with Crippen LogP contribution in [0.15, 0.2) is 10.7 Å². The number of nitrogens with zero attached hydrogens (tertiary/aromatic N) is 2. The standard InChI is InChI=1S/C11H21N3S2/c1-9(2)4-5-10(3)12-6-7-15-11-13-8-14-16-11/h8-10,12H,4-7H2,1-3H3. The van der Waals surface area contributed by atoms with Crippen LogP contribution in [0, 0.1) is 5.92 Å². The van der Waals surface area contributed by atoms with Gasteiger partial charge in [0.15, 0.2) is 4.34 Å². The lowest BCUT2D eigenvalue weighted by Gasteiger charge is -2.14. The van der Waals surface area contributed by atoms with Crippen LogP contribution in [0.25, 0.3) is 0 Å². The van der Waals surface area contributed by atoms with E-state index < -0.39 is 0 Å². The maximum absolute atomic E-state index is 4.14. The van der Waals surface area contributed by atoms with Crippen molar-refractivity contribution in [3.8, 4) is 0 Å². The highest BCUT2D eigenvalue weighted by atomic mass is 32.2. The van der Waals surface area contributed by atoms with Gasteiger partial charge in [-0.25, -0.2) is 4.98 Å². The van der Waals surface area contributed by atoms with E-state index in [1.807, 2.05) is 0 Å². The Balaban J connectivity index is 1.98. The zero-order chi connectivity index (χ0) is 11.8. The summed E-state index contributed by atoms with van der Waals surface area (Å²) in [7, 11) is 0. The molecule has 1 unspecified atom stereocenters. The van der Waals surface area contributed by atoms with E-state index in [2.05, 4.69) is 35.4 Å². The summed E-state index contributed by atoms with van der Waals surface area (Å²) in [5.74, 6) is 1.88. The number of nitrogens with one attached hydrogen (secondary N) is 1. The first-order valence-electron chi connectivity index (χ1n) is 5.81. The molecule has 0 radical (unpaired) electrons. The normalized spacial score (nSPS) is 13.2. The van der Waals surface area contributed by atoms with E-state index in [4.69, 9.17) is 0 Å². The van der Waals surface area contributed by atoms with Crippen LogP contribution in [0.1, 0.15) is 33.6 Å². The molecule has 1 aromatic heterocycles. The van der Waals surface area contributed by atoms with Crippen LogP contribution in [0.2, 0.25) is 0 Å². The Hall–Kier alpha value is -0.130. The van der Waals surface area contributed by atoms with Crippen molar-refractivity contribution < 1.29 is 0 Å². The summed E-state index contributed by atoms with van der Waals surface area (Å²) in [6, 6.07) is 0.623. The van der Waals surface area contributed by atoms with Gasteiger partial charge in [0, 0.05) is 18.3 Å². The van der Waals surface area contributed by atoms with E-state index in [1.54, 1.807) is 18.1 Å². The second-order valence-electron chi connectivity index (χ2n) is 4.38. The Morgan fingerprint density at radius 2 is 2.19 bits per heavy atom. The summed E-state index contributed by atoms with van der Waals surface area (Å²) >= 11 is 3.25. The largest absolute Gasteiger partial charge is 0.313 e. The second kappa shape index (κ2) is 8.03. The van der Waals surface area contributed by atoms with Gasteiger partial charge in [-0.05, 0) is 37.2 Å². The van der Waals surface area contributed by atoms with Crippen molar-refractivity contribution in [2.45, 2.75) is 44.0 Å². The topological polar surface area (TPSA) is 37.8 Å². The molecule has 1 rings (SSSR count). The molecule has 92 valence electrons. The molecule has 1 atom stereocenters. The van der Waals surface area contributed by atoms with Gasteiger partial charge in [-0.1, -0.05) is 25.6 Å². The molecular weight excluding hydrogens is 238 g/mol. The van der Waals surface area contributed by atoms with Gasteiger partial charge < -0.3 is 5.32 Å². The molecule has 3 nitrogen and oxygen atoms in total. The molecule has 0 aromatic carbocycles. The van der Waals surface area contributed by atoms with Crippen molar-refractivity contribution in [1.82, 2.24) is 14.7 Å². The summed E-state index contributed by atoms with van der Waals surface area (Å²) in [5, 5.41) is 3.54. The summed E-state index contributed by atoms with van der Waals surface area (Å²) in [5.41, 5.74) is 0. The van der Waals surface area contributed by atoms with Crippen LogP contribution >= 0.6 is 23.3 Å². The summed E-state index contributed by atoms with van der Waals surface area (Å²) in [4.78, 5) is 4.14. The third-order valence-corrected chi connectivity index (χ3v) is 4.14. The van der Waals surface area contributed by atoms with Gasteiger partial charge >= 0.3 is 0 Å². The van der Waals surface area contributed by atoms with E-state index >= 15 is 0 Å². The summed E-state index contributed by atoms with van der Waals surface area (Å²) in [6.07, 6.45) is 4.19. The molecule has 1 aromatic rings. The Morgan fingerprint density at radius 3 is 2.81 bits per heavy atom. The minimum atomic E-state index is 0.623. The predicted octanol–water partition coefficient (Wildman–Crippen LogP) is 3.04. The third-order valence-electron chi connectivity index (χ3n) is 2.34. The quantitative estimate of drug-likeness (QED) is 0.575. The Kier molecular flexibility index (Phi) is 7.00. The Labute approximate surface area is 107 Å². The van der Waals surface area contributed by atoms with Crippen LogP contribution in [0.4, 0.5) is 0 Å². The fraction of sp³-hybridized carbons (Fsp3) is 0.818. The molecule has 0 aliphatic carbocycles. The van der Waals surface area contributed by atoms with E-state index in [-0.39, 0.29) is 0 Å². The van der Waals surface area contributed by atoms with Crippen LogP contribution < -0.4 is 5.32 Å². The van der Waals surface area contributed by atoms with E-state index in [0.717, 1.165) is 22.6 Å². The molecule has 0 amide bonds. The van der Waals surface area contributed by atoms with Crippen LogP contribution in [0.5, 0.6) is 0 Å². The third kappa shape index (κ3) is 6.45. The summed E-state index contributed by atoms with van der Waals surface area (Å²) in [6.45, 7) is 7.86. The van der Waals surface area contributed by atoms with Gasteiger partial charge in [0.2, 0.25) is 0 Å².